The quantitative estimate of drug-likeness (QED) is 0.877. The van der Waals surface area contributed by atoms with Gasteiger partial charge < -0.3 is 15.5 Å². The van der Waals surface area contributed by atoms with Gasteiger partial charge in [-0.3, -0.25) is 4.79 Å². The van der Waals surface area contributed by atoms with Crippen LogP contribution in [-0.4, -0.2) is 35.3 Å². The molecular weight excluding hydrogens is 314 g/mol. The smallest absolute Gasteiger partial charge is 0.226 e. The van der Waals surface area contributed by atoms with E-state index < -0.39 is 0 Å². The lowest BCUT2D eigenvalue weighted by Crippen LogP contribution is -2.35. The topological polar surface area (TPSA) is 62.2 Å². The number of anilines is 2. The minimum atomic E-state index is 0.250. The third kappa shape index (κ3) is 3.69. The van der Waals surface area contributed by atoms with Crippen LogP contribution in [0.15, 0.2) is 36.5 Å². The fourth-order valence-corrected chi connectivity index (χ4v) is 3.62. The average Bonchev–Trinajstić information content (AvgIpc) is 3.11. The van der Waals surface area contributed by atoms with Crippen molar-refractivity contribution in [1.82, 2.24) is 15.1 Å². The van der Waals surface area contributed by atoms with Crippen molar-refractivity contribution in [2.45, 2.75) is 32.4 Å². The summed E-state index contributed by atoms with van der Waals surface area (Å²) in [6.45, 7) is 4.59. The van der Waals surface area contributed by atoms with E-state index in [0.717, 1.165) is 57.1 Å². The van der Waals surface area contributed by atoms with E-state index in [-0.39, 0.29) is 5.91 Å². The highest BCUT2D eigenvalue weighted by Crippen LogP contribution is 2.21. The molecule has 0 unspecified atom stereocenters. The van der Waals surface area contributed by atoms with Crippen LogP contribution >= 0.6 is 0 Å². The van der Waals surface area contributed by atoms with Gasteiger partial charge in [0.2, 0.25) is 5.91 Å². The van der Waals surface area contributed by atoms with Gasteiger partial charge in [-0.2, -0.15) is 5.10 Å². The minimum Gasteiger partial charge on any atom is -0.370 e. The number of amides is 1. The lowest BCUT2D eigenvalue weighted by Gasteiger charge is -2.27. The molecule has 1 fully saturated rings. The van der Waals surface area contributed by atoms with Crippen molar-refractivity contribution in [3.8, 4) is 0 Å². The van der Waals surface area contributed by atoms with Gasteiger partial charge in [0.05, 0.1) is 6.20 Å². The number of nitrogens with one attached hydrogen (secondary N) is 2. The Morgan fingerprint density at radius 2 is 2.08 bits per heavy atom. The standard InChI is InChI=1S/C19H25N5O/c25-19-3-1-2-10-23(19)17-6-4-15(5-7-17)11-20-12-16-13-21-18-8-9-22-24(18)14-16/h4-9,16,20-21H,1-3,10-14H2/t16-/m1/s1. The Morgan fingerprint density at radius 1 is 1.20 bits per heavy atom. The largest absolute Gasteiger partial charge is 0.370 e. The molecule has 6 nitrogen and oxygen atoms in total. The second kappa shape index (κ2) is 7.27. The van der Waals surface area contributed by atoms with Crippen LogP contribution in [0.1, 0.15) is 24.8 Å². The third-order valence-corrected chi connectivity index (χ3v) is 5.05. The van der Waals surface area contributed by atoms with Crippen molar-refractivity contribution >= 4 is 17.4 Å². The summed E-state index contributed by atoms with van der Waals surface area (Å²) in [4.78, 5) is 13.9. The van der Waals surface area contributed by atoms with Crippen LogP contribution in [0.2, 0.25) is 0 Å². The number of hydrogen-bond donors (Lipinski definition) is 2. The number of benzene rings is 1. The van der Waals surface area contributed by atoms with Crippen molar-refractivity contribution in [2.75, 3.05) is 29.9 Å². The van der Waals surface area contributed by atoms with Gasteiger partial charge in [-0.25, -0.2) is 4.68 Å². The van der Waals surface area contributed by atoms with Crippen LogP contribution in [0.5, 0.6) is 0 Å². The Labute approximate surface area is 148 Å². The van der Waals surface area contributed by atoms with Crippen molar-refractivity contribution in [3.05, 3.63) is 42.1 Å². The number of piperidine rings is 1. The Hall–Kier alpha value is -2.34. The molecule has 2 aliphatic heterocycles. The van der Waals surface area contributed by atoms with E-state index in [2.05, 4.69) is 40.0 Å². The molecule has 1 amide bonds. The second-order valence-corrected chi connectivity index (χ2v) is 6.95. The van der Waals surface area contributed by atoms with Crippen molar-refractivity contribution in [3.63, 3.8) is 0 Å². The maximum atomic E-state index is 12.0. The first-order chi connectivity index (χ1) is 12.3. The maximum absolute atomic E-state index is 12.0. The Morgan fingerprint density at radius 3 is 2.92 bits per heavy atom. The molecule has 1 atom stereocenters. The molecule has 6 heteroatoms. The number of carbonyl (C=O) groups excluding carboxylic acids is 1. The first kappa shape index (κ1) is 16.1. The van der Waals surface area contributed by atoms with Gasteiger partial charge in [-0.05, 0) is 30.5 Å². The van der Waals surface area contributed by atoms with Crippen LogP contribution in [0.4, 0.5) is 11.5 Å². The summed E-state index contributed by atoms with van der Waals surface area (Å²) in [5.41, 5.74) is 2.27. The summed E-state index contributed by atoms with van der Waals surface area (Å²) in [5, 5.41) is 11.3. The molecule has 0 radical (unpaired) electrons. The molecule has 2 aliphatic rings. The summed E-state index contributed by atoms with van der Waals surface area (Å²) in [6, 6.07) is 10.4. The number of nitrogens with zero attached hydrogens (tertiary/aromatic N) is 3. The zero-order valence-electron chi connectivity index (χ0n) is 14.4. The molecule has 0 aliphatic carbocycles. The molecule has 0 spiro atoms. The van der Waals surface area contributed by atoms with E-state index in [1.165, 1.54) is 5.56 Å². The summed E-state index contributed by atoms with van der Waals surface area (Å²) in [6.07, 6.45) is 4.64. The molecule has 1 aromatic heterocycles. The molecule has 132 valence electrons. The van der Waals surface area contributed by atoms with E-state index in [0.29, 0.717) is 12.3 Å². The predicted molar refractivity (Wildman–Crippen MR) is 98.6 cm³/mol. The van der Waals surface area contributed by atoms with Crippen molar-refractivity contribution < 1.29 is 4.79 Å². The van der Waals surface area contributed by atoms with Gasteiger partial charge in [0, 0.05) is 56.8 Å². The normalized spacial score (nSPS) is 20.2. The summed E-state index contributed by atoms with van der Waals surface area (Å²) < 4.78 is 2.03. The molecule has 2 aromatic rings. The third-order valence-electron chi connectivity index (χ3n) is 5.05. The van der Waals surface area contributed by atoms with E-state index in [1.807, 2.05) is 21.8 Å². The van der Waals surface area contributed by atoms with E-state index in [4.69, 9.17) is 0 Å². The number of hydrogen-bond acceptors (Lipinski definition) is 4. The monoisotopic (exact) mass is 339 g/mol. The Kier molecular flexibility index (Phi) is 4.70. The molecule has 0 bridgehead atoms. The molecule has 4 rings (SSSR count). The van der Waals surface area contributed by atoms with Gasteiger partial charge >= 0.3 is 0 Å². The molecule has 1 aromatic carbocycles. The molecule has 0 saturated carbocycles. The molecule has 1 saturated heterocycles. The van der Waals surface area contributed by atoms with Crippen molar-refractivity contribution in [1.29, 1.82) is 0 Å². The lowest BCUT2D eigenvalue weighted by atomic mass is 10.1. The SMILES string of the molecule is O=C1CCCCN1c1ccc(CNC[C@@H]2CNc3ccnn3C2)cc1. The Bertz CT molecular complexity index is 724. The van der Waals surface area contributed by atoms with Crippen LogP contribution in [0, 0.1) is 5.92 Å². The highest BCUT2D eigenvalue weighted by Gasteiger charge is 2.19. The number of carbonyl (C=O) groups is 1. The van der Waals surface area contributed by atoms with Crippen LogP contribution < -0.4 is 15.5 Å². The van der Waals surface area contributed by atoms with E-state index >= 15 is 0 Å². The first-order valence-electron chi connectivity index (χ1n) is 9.15. The van der Waals surface area contributed by atoms with Crippen LogP contribution in [-0.2, 0) is 17.9 Å². The number of aromatic nitrogens is 2. The van der Waals surface area contributed by atoms with Crippen LogP contribution in [0.3, 0.4) is 0 Å². The van der Waals surface area contributed by atoms with E-state index in [9.17, 15) is 4.79 Å². The van der Waals surface area contributed by atoms with Gasteiger partial charge in [-0.15, -0.1) is 0 Å². The average molecular weight is 339 g/mol. The highest BCUT2D eigenvalue weighted by molar-refractivity contribution is 5.93. The molecule has 25 heavy (non-hydrogen) atoms. The lowest BCUT2D eigenvalue weighted by molar-refractivity contribution is -0.119. The fourth-order valence-electron chi connectivity index (χ4n) is 3.62. The van der Waals surface area contributed by atoms with Crippen molar-refractivity contribution in [2.24, 2.45) is 5.92 Å². The first-order valence-corrected chi connectivity index (χ1v) is 9.15. The Balaban J connectivity index is 1.27. The van der Waals surface area contributed by atoms with E-state index in [1.54, 1.807) is 0 Å². The second-order valence-electron chi connectivity index (χ2n) is 6.95. The van der Waals surface area contributed by atoms with Crippen LogP contribution in [0.25, 0.3) is 0 Å². The summed E-state index contributed by atoms with van der Waals surface area (Å²) >= 11 is 0. The maximum Gasteiger partial charge on any atom is 0.226 e. The fraction of sp³-hybridized carbons (Fsp3) is 0.474. The zero-order chi connectivity index (χ0) is 17.1. The molecular formula is C19H25N5O. The van der Waals surface area contributed by atoms with Gasteiger partial charge in [0.1, 0.15) is 5.82 Å². The number of rotatable bonds is 5. The summed E-state index contributed by atoms with van der Waals surface area (Å²) in [7, 11) is 0. The molecule has 3 heterocycles. The van der Waals surface area contributed by atoms with Gasteiger partial charge in [-0.1, -0.05) is 12.1 Å². The number of fused-ring (bicyclic) bond motifs is 1. The minimum absolute atomic E-state index is 0.250. The van der Waals surface area contributed by atoms with Gasteiger partial charge in [0.25, 0.3) is 0 Å². The molecule has 2 N–H and O–H groups in total. The predicted octanol–water partition coefficient (Wildman–Crippen LogP) is 2.23. The summed E-state index contributed by atoms with van der Waals surface area (Å²) in [5.74, 6) is 1.90. The highest BCUT2D eigenvalue weighted by atomic mass is 16.2. The zero-order valence-corrected chi connectivity index (χ0v) is 14.4. The van der Waals surface area contributed by atoms with Gasteiger partial charge in [0.15, 0.2) is 0 Å².